The molecule has 0 spiro atoms. The van der Waals surface area contributed by atoms with Gasteiger partial charge in [-0.1, -0.05) is 18.7 Å². The van der Waals surface area contributed by atoms with Crippen LogP contribution in [0.1, 0.15) is 25.3 Å². The fourth-order valence-corrected chi connectivity index (χ4v) is 3.65. The average molecular weight is 263 g/mol. The van der Waals surface area contributed by atoms with Crippen LogP contribution in [0.4, 0.5) is 0 Å². The van der Waals surface area contributed by atoms with Crippen LogP contribution in [0, 0.1) is 0 Å². The summed E-state index contributed by atoms with van der Waals surface area (Å²) in [5.74, 6) is 1.99. The van der Waals surface area contributed by atoms with Crippen LogP contribution in [-0.4, -0.2) is 18.4 Å². The highest BCUT2D eigenvalue weighted by Gasteiger charge is 2.20. The van der Waals surface area contributed by atoms with Crippen molar-refractivity contribution in [1.29, 1.82) is 0 Å². The molecule has 1 N–H and O–H groups in total. The van der Waals surface area contributed by atoms with Gasteiger partial charge in [-0.05, 0) is 37.5 Å². The summed E-state index contributed by atoms with van der Waals surface area (Å²) in [5.41, 5.74) is 2.54. The number of hydrogen-bond acceptors (Lipinski definition) is 3. The lowest BCUT2D eigenvalue weighted by Gasteiger charge is -2.30. The molecule has 2 atom stereocenters. The van der Waals surface area contributed by atoms with Gasteiger partial charge in [-0.3, -0.25) is 0 Å². The first kappa shape index (κ1) is 13.3. The molecule has 1 aromatic rings. The Kier molecular flexibility index (Phi) is 4.59. The van der Waals surface area contributed by atoms with Crippen molar-refractivity contribution in [1.82, 2.24) is 5.32 Å². The van der Waals surface area contributed by atoms with E-state index in [2.05, 4.69) is 31.0 Å². The van der Waals surface area contributed by atoms with Gasteiger partial charge in [-0.2, -0.15) is 11.8 Å². The third-order valence-electron chi connectivity index (χ3n) is 3.19. The smallest absolute Gasteiger partial charge is 0.118 e. The van der Waals surface area contributed by atoms with Gasteiger partial charge < -0.3 is 10.1 Å². The summed E-state index contributed by atoms with van der Waals surface area (Å²) >= 11 is 2.03. The molecule has 0 radical (unpaired) electrons. The topological polar surface area (TPSA) is 21.3 Å². The fourth-order valence-electron chi connectivity index (χ4n) is 2.28. The highest BCUT2D eigenvalue weighted by atomic mass is 32.2. The van der Waals surface area contributed by atoms with Crippen LogP contribution in [0.3, 0.4) is 0 Å². The lowest BCUT2D eigenvalue weighted by Crippen LogP contribution is -2.35. The minimum atomic E-state index is 0.555. The van der Waals surface area contributed by atoms with Gasteiger partial charge in [0.1, 0.15) is 5.75 Å². The summed E-state index contributed by atoms with van der Waals surface area (Å²) in [6, 6.07) is 8.90. The molecule has 1 fully saturated rings. The highest BCUT2D eigenvalue weighted by molar-refractivity contribution is 7.99. The van der Waals surface area contributed by atoms with Gasteiger partial charge in [-0.25, -0.2) is 0 Å². The molecule has 2 rings (SSSR count). The molecule has 0 bridgehead atoms. The first-order chi connectivity index (χ1) is 8.67. The lowest BCUT2D eigenvalue weighted by atomic mass is 10.0. The molecule has 3 heteroatoms. The molecule has 0 aromatic heterocycles. The van der Waals surface area contributed by atoms with Crippen molar-refractivity contribution in [3.63, 3.8) is 0 Å². The molecule has 0 aliphatic carbocycles. The van der Waals surface area contributed by atoms with E-state index in [4.69, 9.17) is 4.74 Å². The number of piperidine rings is 1. The number of rotatable bonds is 4. The van der Waals surface area contributed by atoms with Crippen molar-refractivity contribution in [2.24, 2.45) is 0 Å². The van der Waals surface area contributed by atoms with Gasteiger partial charge in [0.25, 0.3) is 0 Å². The molecule has 2 nitrogen and oxygen atoms in total. The zero-order valence-electron chi connectivity index (χ0n) is 11.1. The van der Waals surface area contributed by atoms with Gasteiger partial charge in [-0.15, -0.1) is 0 Å². The SMILES string of the molecule is C=C1CC(SCc2ccc(OC)cc2)CC(C)N1. The van der Waals surface area contributed by atoms with Crippen LogP contribution in [0.2, 0.25) is 0 Å². The standard InChI is InChI=1S/C15H21NOS/c1-11-8-15(9-12(2)16-11)18-10-13-4-6-14(17-3)7-5-13/h4-7,12,15-16H,1,8-10H2,2-3H3. The molecular weight excluding hydrogens is 242 g/mol. The number of benzene rings is 1. The Balaban J connectivity index is 1.84. The van der Waals surface area contributed by atoms with Crippen molar-refractivity contribution < 1.29 is 4.74 Å². The number of hydrogen-bond donors (Lipinski definition) is 1. The normalized spacial score (nSPS) is 23.6. The van der Waals surface area contributed by atoms with Crippen molar-refractivity contribution in [3.05, 3.63) is 42.1 Å². The lowest BCUT2D eigenvalue weighted by molar-refractivity contribution is 0.414. The third kappa shape index (κ3) is 3.70. The number of allylic oxidation sites excluding steroid dienone is 1. The number of ether oxygens (including phenoxy) is 1. The Morgan fingerprint density at radius 3 is 2.72 bits per heavy atom. The summed E-state index contributed by atoms with van der Waals surface area (Å²) in [7, 11) is 1.70. The summed E-state index contributed by atoms with van der Waals surface area (Å²) in [5, 5.41) is 4.09. The summed E-state index contributed by atoms with van der Waals surface area (Å²) in [6.07, 6.45) is 2.31. The maximum atomic E-state index is 5.17. The highest BCUT2D eigenvalue weighted by Crippen LogP contribution is 2.29. The van der Waals surface area contributed by atoms with E-state index in [1.165, 1.54) is 17.7 Å². The molecule has 1 aromatic carbocycles. The summed E-state index contributed by atoms with van der Waals surface area (Å²) in [4.78, 5) is 0. The van der Waals surface area contributed by atoms with E-state index in [0.717, 1.165) is 17.9 Å². The van der Waals surface area contributed by atoms with E-state index >= 15 is 0 Å². The van der Waals surface area contributed by atoms with Crippen LogP contribution in [0.25, 0.3) is 0 Å². The second kappa shape index (κ2) is 6.19. The largest absolute Gasteiger partial charge is 0.497 e. The maximum Gasteiger partial charge on any atom is 0.118 e. The molecule has 1 heterocycles. The van der Waals surface area contributed by atoms with Crippen molar-refractivity contribution >= 4 is 11.8 Å². The molecule has 1 aliphatic rings. The van der Waals surface area contributed by atoms with E-state index in [-0.39, 0.29) is 0 Å². The summed E-state index contributed by atoms with van der Waals surface area (Å²) in [6.45, 7) is 6.28. The van der Waals surface area contributed by atoms with Crippen LogP contribution in [0.15, 0.2) is 36.5 Å². The Bertz CT molecular complexity index is 401. The van der Waals surface area contributed by atoms with Crippen LogP contribution < -0.4 is 10.1 Å². The van der Waals surface area contributed by atoms with Crippen LogP contribution in [0.5, 0.6) is 5.75 Å². The van der Waals surface area contributed by atoms with Crippen LogP contribution in [-0.2, 0) is 5.75 Å². The average Bonchev–Trinajstić information content (AvgIpc) is 2.36. The van der Waals surface area contributed by atoms with E-state index in [9.17, 15) is 0 Å². The van der Waals surface area contributed by atoms with Gasteiger partial charge in [0.15, 0.2) is 0 Å². The first-order valence-electron chi connectivity index (χ1n) is 6.36. The molecule has 1 aliphatic heterocycles. The van der Waals surface area contributed by atoms with Crippen LogP contribution >= 0.6 is 11.8 Å². The first-order valence-corrected chi connectivity index (χ1v) is 7.41. The number of methoxy groups -OCH3 is 1. The Labute approximate surface area is 114 Å². The quantitative estimate of drug-likeness (QED) is 0.897. The maximum absolute atomic E-state index is 5.17. The number of nitrogens with one attached hydrogen (secondary N) is 1. The number of thioether (sulfide) groups is 1. The van der Waals surface area contributed by atoms with Crippen molar-refractivity contribution in [2.45, 2.75) is 36.8 Å². The molecule has 0 amide bonds. The van der Waals surface area contributed by atoms with Crippen molar-refractivity contribution in [3.8, 4) is 5.75 Å². The van der Waals surface area contributed by atoms with Gasteiger partial charge >= 0.3 is 0 Å². The molecular formula is C15H21NOS. The van der Waals surface area contributed by atoms with Gasteiger partial charge in [0, 0.05) is 22.7 Å². The zero-order chi connectivity index (χ0) is 13.0. The predicted octanol–water partition coefficient (Wildman–Crippen LogP) is 3.58. The van der Waals surface area contributed by atoms with E-state index in [1.54, 1.807) is 7.11 Å². The fraction of sp³-hybridized carbons (Fsp3) is 0.467. The Morgan fingerprint density at radius 1 is 1.39 bits per heavy atom. The Morgan fingerprint density at radius 2 is 2.11 bits per heavy atom. The second-order valence-corrected chi connectivity index (χ2v) is 6.16. The second-order valence-electron chi connectivity index (χ2n) is 4.87. The van der Waals surface area contributed by atoms with E-state index in [0.29, 0.717) is 11.3 Å². The minimum absolute atomic E-state index is 0.555. The van der Waals surface area contributed by atoms with Gasteiger partial charge in [0.05, 0.1) is 7.11 Å². The van der Waals surface area contributed by atoms with E-state index < -0.39 is 0 Å². The van der Waals surface area contributed by atoms with Gasteiger partial charge in [0.2, 0.25) is 0 Å². The molecule has 2 unspecified atom stereocenters. The minimum Gasteiger partial charge on any atom is -0.497 e. The molecule has 0 saturated carbocycles. The summed E-state index contributed by atoms with van der Waals surface area (Å²) < 4.78 is 5.17. The molecule has 18 heavy (non-hydrogen) atoms. The Hall–Kier alpha value is -1.09. The molecule has 1 saturated heterocycles. The predicted molar refractivity (Wildman–Crippen MR) is 79.0 cm³/mol. The van der Waals surface area contributed by atoms with E-state index in [1.807, 2.05) is 23.9 Å². The monoisotopic (exact) mass is 263 g/mol. The zero-order valence-corrected chi connectivity index (χ0v) is 11.9. The van der Waals surface area contributed by atoms with Crippen molar-refractivity contribution in [2.75, 3.05) is 7.11 Å². The molecule has 98 valence electrons. The third-order valence-corrected chi connectivity index (χ3v) is 4.52.